The lowest BCUT2D eigenvalue weighted by atomic mass is 10.2. The van der Waals surface area contributed by atoms with E-state index in [1.165, 1.54) is 6.92 Å². The Hall–Kier alpha value is -3.02. The third-order valence-electron chi connectivity index (χ3n) is 3.79. The summed E-state index contributed by atoms with van der Waals surface area (Å²) in [6.45, 7) is 4.72. The van der Waals surface area contributed by atoms with Crippen molar-refractivity contribution >= 4 is 17.5 Å². The molecule has 26 heavy (non-hydrogen) atoms. The molecular weight excluding hydrogens is 332 g/mol. The standard InChI is InChI=1S/C20H24N2O4/c1-4-26-18-10-8-17(9-11-18)22(15(2)23)13-12-21-20(24)16-6-5-7-19(14-16)25-3/h5-11,14H,4,12-13H2,1-3H3,(H,21,24). The first-order valence-corrected chi connectivity index (χ1v) is 8.48. The summed E-state index contributed by atoms with van der Waals surface area (Å²) in [5.74, 6) is 1.08. The second-order valence-corrected chi connectivity index (χ2v) is 5.59. The first kappa shape index (κ1) is 19.3. The molecule has 6 nitrogen and oxygen atoms in total. The highest BCUT2D eigenvalue weighted by Crippen LogP contribution is 2.19. The van der Waals surface area contributed by atoms with E-state index in [2.05, 4.69) is 5.32 Å². The van der Waals surface area contributed by atoms with Crippen molar-refractivity contribution in [3.8, 4) is 11.5 Å². The number of carbonyl (C=O) groups excluding carboxylic acids is 2. The van der Waals surface area contributed by atoms with Gasteiger partial charge in [-0.1, -0.05) is 6.07 Å². The molecule has 0 aliphatic rings. The quantitative estimate of drug-likeness (QED) is 0.790. The van der Waals surface area contributed by atoms with E-state index in [-0.39, 0.29) is 11.8 Å². The van der Waals surface area contributed by atoms with Gasteiger partial charge in [-0.05, 0) is 49.4 Å². The Morgan fingerprint density at radius 2 is 1.81 bits per heavy atom. The van der Waals surface area contributed by atoms with Gasteiger partial charge in [0, 0.05) is 31.3 Å². The highest BCUT2D eigenvalue weighted by Gasteiger charge is 2.13. The van der Waals surface area contributed by atoms with Crippen molar-refractivity contribution in [1.82, 2.24) is 5.32 Å². The smallest absolute Gasteiger partial charge is 0.251 e. The molecule has 0 saturated heterocycles. The second-order valence-electron chi connectivity index (χ2n) is 5.59. The minimum absolute atomic E-state index is 0.0928. The van der Waals surface area contributed by atoms with Gasteiger partial charge in [0.1, 0.15) is 11.5 Å². The predicted molar refractivity (Wildman–Crippen MR) is 101 cm³/mol. The molecule has 0 saturated carbocycles. The first-order valence-electron chi connectivity index (χ1n) is 8.48. The van der Waals surface area contributed by atoms with Crippen LogP contribution in [0.1, 0.15) is 24.2 Å². The van der Waals surface area contributed by atoms with Gasteiger partial charge >= 0.3 is 0 Å². The summed E-state index contributed by atoms with van der Waals surface area (Å²) in [5.41, 5.74) is 1.27. The van der Waals surface area contributed by atoms with Crippen molar-refractivity contribution in [2.24, 2.45) is 0 Å². The minimum atomic E-state index is -0.209. The average Bonchev–Trinajstić information content (AvgIpc) is 2.66. The molecule has 0 aliphatic heterocycles. The Kier molecular flexibility index (Phi) is 7.02. The lowest BCUT2D eigenvalue weighted by molar-refractivity contribution is -0.116. The third kappa shape index (κ3) is 5.24. The lowest BCUT2D eigenvalue weighted by Gasteiger charge is -2.21. The van der Waals surface area contributed by atoms with Crippen LogP contribution in [0.2, 0.25) is 0 Å². The number of carbonyl (C=O) groups is 2. The van der Waals surface area contributed by atoms with Gasteiger partial charge in [-0.15, -0.1) is 0 Å². The summed E-state index contributed by atoms with van der Waals surface area (Å²) in [6, 6.07) is 14.2. The summed E-state index contributed by atoms with van der Waals surface area (Å²) in [6.07, 6.45) is 0. The van der Waals surface area contributed by atoms with Crippen molar-refractivity contribution in [2.45, 2.75) is 13.8 Å². The van der Waals surface area contributed by atoms with Crippen molar-refractivity contribution in [3.63, 3.8) is 0 Å². The van der Waals surface area contributed by atoms with Crippen LogP contribution in [0.15, 0.2) is 48.5 Å². The Morgan fingerprint density at radius 3 is 2.42 bits per heavy atom. The molecule has 0 aromatic heterocycles. The molecule has 0 radical (unpaired) electrons. The number of hydrogen-bond acceptors (Lipinski definition) is 4. The van der Waals surface area contributed by atoms with E-state index in [0.29, 0.717) is 31.0 Å². The molecule has 0 atom stereocenters. The number of ether oxygens (including phenoxy) is 2. The normalized spacial score (nSPS) is 10.1. The molecule has 0 heterocycles. The number of amides is 2. The first-order chi connectivity index (χ1) is 12.5. The van der Waals surface area contributed by atoms with Crippen LogP contribution in [0, 0.1) is 0 Å². The zero-order valence-electron chi connectivity index (χ0n) is 15.3. The fraction of sp³-hybridized carbons (Fsp3) is 0.300. The van der Waals surface area contributed by atoms with Crippen LogP contribution >= 0.6 is 0 Å². The fourth-order valence-electron chi connectivity index (χ4n) is 2.50. The van der Waals surface area contributed by atoms with Crippen molar-refractivity contribution in [2.75, 3.05) is 31.7 Å². The molecule has 1 N–H and O–H groups in total. The third-order valence-corrected chi connectivity index (χ3v) is 3.79. The van der Waals surface area contributed by atoms with Crippen LogP contribution in [0.3, 0.4) is 0 Å². The number of hydrogen-bond donors (Lipinski definition) is 1. The molecule has 2 aromatic carbocycles. The maximum atomic E-state index is 12.2. The Balaban J connectivity index is 1.95. The maximum absolute atomic E-state index is 12.2. The van der Waals surface area contributed by atoms with Crippen LogP contribution in [-0.2, 0) is 4.79 Å². The Labute approximate surface area is 153 Å². The number of nitrogens with one attached hydrogen (secondary N) is 1. The molecule has 0 spiro atoms. The van der Waals surface area contributed by atoms with Gasteiger partial charge in [-0.2, -0.15) is 0 Å². The van der Waals surface area contributed by atoms with Gasteiger partial charge in [0.05, 0.1) is 13.7 Å². The lowest BCUT2D eigenvalue weighted by Crippen LogP contribution is -2.37. The predicted octanol–water partition coefficient (Wildman–Crippen LogP) is 2.88. The number of methoxy groups -OCH3 is 1. The van der Waals surface area contributed by atoms with E-state index in [1.807, 2.05) is 31.2 Å². The van der Waals surface area contributed by atoms with E-state index in [4.69, 9.17) is 9.47 Å². The maximum Gasteiger partial charge on any atom is 0.251 e. The van der Waals surface area contributed by atoms with Crippen LogP contribution < -0.4 is 19.7 Å². The van der Waals surface area contributed by atoms with E-state index in [9.17, 15) is 9.59 Å². The van der Waals surface area contributed by atoms with Crippen LogP contribution in [0.4, 0.5) is 5.69 Å². The fourth-order valence-corrected chi connectivity index (χ4v) is 2.50. The van der Waals surface area contributed by atoms with Gasteiger partial charge in [-0.3, -0.25) is 9.59 Å². The van der Waals surface area contributed by atoms with Gasteiger partial charge in [0.2, 0.25) is 5.91 Å². The van der Waals surface area contributed by atoms with Crippen molar-refractivity contribution in [3.05, 3.63) is 54.1 Å². The largest absolute Gasteiger partial charge is 0.497 e. The van der Waals surface area contributed by atoms with E-state index in [1.54, 1.807) is 36.3 Å². The molecule has 6 heteroatoms. The summed E-state index contributed by atoms with van der Waals surface area (Å²) in [4.78, 5) is 25.8. The number of rotatable bonds is 8. The van der Waals surface area contributed by atoms with E-state index < -0.39 is 0 Å². The summed E-state index contributed by atoms with van der Waals surface area (Å²) in [7, 11) is 1.55. The molecule has 2 aromatic rings. The van der Waals surface area contributed by atoms with Crippen LogP contribution in [0.5, 0.6) is 11.5 Å². The molecule has 2 amide bonds. The van der Waals surface area contributed by atoms with Gasteiger partial charge < -0.3 is 19.7 Å². The summed E-state index contributed by atoms with van der Waals surface area (Å²) < 4.78 is 10.5. The van der Waals surface area contributed by atoms with Crippen molar-refractivity contribution < 1.29 is 19.1 Å². The molecule has 0 aliphatic carbocycles. The molecule has 0 bridgehead atoms. The highest BCUT2D eigenvalue weighted by atomic mass is 16.5. The Bertz CT molecular complexity index is 744. The average molecular weight is 356 g/mol. The number of nitrogens with zero attached hydrogens (tertiary/aromatic N) is 1. The zero-order chi connectivity index (χ0) is 18.9. The number of benzene rings is 2. The SMILES string of the molecule is CCOc1ccc(N(CCNC(=O)c2cccc(OC)c2)C(C)=O)cc1. The van der Waals surface area contributed by atoms with Crippen LogP contribution in [-0.4, -0.2) is 38.6 Å². The van der Waals surface area contributed by atoms with Gasteiger partial charge in [-0.25, -0.2) is 0 Å². The molecular formula is C20H24N2O4. The van der Waals surface area contributed by atoms with E-state index in [0.717, 1.165) is 11.4 Å². The second kappa shape index (κ2) is 9.46. The molecule has 0 fully saturated rings. The van der Waals surface area contributed by atoms with E-state index >= 15 is 0 Å². The van der Waals surface area contributed by atoms with Crippen molar-refractivity contribution in [1.29, 1.82) is 0 Å². The minimum Gasteiger partial charge on any atom is -0.497 e. The summed E-state index contributed by atoms with van der Waals surface area (Å²) in [5, 5.41) is 2.82. The monoisotopic (exact) mass is 356 g/mol. The van der Waals surface area contributed by atoms with Crippen LogP contribution in [0.25, 0.3) is 0 Å². The number of anilines is 1. The topological polar surface area (TPSA) is 67.9 Å². The Morgan fingerprint density at radius 1 is 1.08 bits per heavy atom. The molecule has 0 unspecified atom stereocenters. The highest BCUT2D eigenvalue weighted by molar-refractivity contribution is 5.95. The summed E-state index contributed by atoms with van der Waals surface area (Å²) >= 11 is 0. The van der Waals surface area contributed by atoms with Gasteiger partial charge in [0.25, 0.3) is 5.91 Å². The molecule has 2 rings (SSSR count). The molecule has 138 valence electrons. The van der Waals surface area contributed by atoms with Gasteiger partial charge in [0.15, 0.2) is 0 Å². The zero-order valence-corrected chi connectivity index (χ0v) is 15.3.